The molecule has 0 heterocycles. The van der Waals surface area contributed by atoms with Crippen molar-refractivity contribution in [2.24, 2.45) is 0 Å². The number of halogens is 3. The highest BCUT2D eigenvalue weighted by molar-refractivity contribution is 7.92. The monoisotopic (exact) mass is 615 g/mol. The van der Waals surface area contributed by atoms with Crippen LogP contribution in [0, 0.1) is 6.92 Å². The zero-order valence-corrected chi connectivity index (χ0v) is 25.6. The molecule has 1 aliphatic carbocycles. The summed E-state index contributed by atoms with van der Waals surface area (Å²) in [6.45, 7) is 3.85. The van der Waals surface area contributed by atoms with E-state index in [9.17, 15) is 18.0 Å². The quantitative estimate of drug-likeness (QED) is 0.300. The van der Waals surface area contributed by atoms with Crippen LogP contribution in [0.3, 0.4) is 0 Å². The van der Waals surface area contributed by atoms with Crippen molar-refractivity contribution >= 4 is 62.3 Å². The summed E-state index contributed by atoms with van der Waals surface area (Å²) in [6, 6.07) is 9.57. The van der Waals surface area contributed by atoms with E-state index in [1.807, 2.05) is 6.92 Å². The Bertz CT molecular complexity index is 1280. The summed E-state index contributed by atoms with van der Waals surface area (Å²) in [6.07, 6.45) is 5.87. The van der Waals surface area contributed by atoms with E-state index in [4.69, 9.17) is 34.8 Å². The molecule has 7 nitrogen and oxygen atoms in total. The Balaban J connectivity index is 1.81. The van der Waals surface area contributed by atoms with E-state index in [-0.39, 0.29) is 43.8 Å². The fourth-order valence-electron chi connectivity index (χ4n) is 4.97. The topological polar surface area (TPSA) is 86.8 Å². The summed E-state index contributed by atoms with van der Waals surface area (Å²) in [5.74, 6) is -0.444. The molecule has 0 saturated heterocycles. The van der Waals surface area contributed by atoms with Crippen molar-refractivity contribution in [2.75, 3.05) is 17.1 Å². The molecule has 1 N–H and O–H groups in total. The SMILES string of the molecule is CC[C@@H](C(=O)NC1CCCC1)N(Cc1ccc(Cl)cc1Cl)C(=O)CCCN(c1cccc(Cl)c1C)S(C)(=O)=O. The van der Waals surface area contributed by atoms with Gasteiger partial charge in [0, 0.05) is 40.6 Å². The van der Waals surface area contributed by atoms with Gasteiger partial charge in [0.25, 0.3) is 0 Å². The lowest BCUT2D eigenvalue weighted by molar-refractivity contribution is -0.141. The highest BCUT2D eigenvalue weighted by Crippen LogP contribution is 2.29. The van der Waals surface area contributed by atoms with Gasteiger partial charge in [0.15, 0.2) is 0 Å². The lowest BCUT2D eigenvalue weighted by Crippen LogP contribution is -2.51. The van der Waals surface area contributed by atoms with Gasteiger partial charge in [-0.25, -0.2) is 8.42 Å². The van der Waals surface area contributed by atoms with E-state index in [0.717, 1.165) is 31.9 Å². The van der Waals surface area contributed by atoms with Crippen LogP contribution in [0.4, 0.5) is 5.69 Å². The summed E-state index contributed by atoms with van der Waals surface area (Å²) < 4.78 is 26.5. The van der Waals surface area contributed by atoms with Gasteiger partial charge < -0.3 is 10.2 Å². The number of nitrogens with zero attached hydrogens (tertiary/aromatic N) is 2. The molecule has 214 valence electrons. The molecule has 0 spiro atoms. The van der Waals surface area contributed by atoms with Gasteiger partial charge in [-0.2, -0.15) is 0 Å². The highest BCUT2D eigenvalue weighted by Gasteiger charge is 2.31. The second kappa shape index (κ2) is 14.1. The van der Waals surface area contributed by atoms with E-state index >= 15 is 0 Å². The van der Waals surface area contributed by atoms with Crippen molar-refractivity contribution in [3.63, 3.8) is 0 Å². The first-order valence-electron chi connectivity index (χ1n) is 13.2. The number of carbonyl (C=O) groups is 2. The number of benzene rings is 2. The molecule has 2 aromatic rings. The number of carbonyl (C=O) groups excluding carboxylic acids is 2. The number of nitrogens with one attached hydrogen (secondary N) is 1. The van der Waals surface area contributed by atoms with Crippen LogP contribution >= 0.6 is 34.8 Å². The third-order valence-electron chi connectivity index (χ3n) is 7.10. The predicted octanol–water partition coefficient (Wildman–Crippen LogP) is 6.37. The second-order valence-electron chi connectivity index (χ2n) is 9.99. The minimum absolute atomic E-state index is 0.0457. The smallest absolute Gasteiger partial charge is 0.243 e. The zero-order chi connectivity index (χ0) is 28.7. The number of anilines is 1. The molecular weight excluding hydrogens is 581 g/mol. The lowest BCUT2D eigenvalue weighted by Gasteiger charge is -2.32. The molecule has 3 rings (SSSR count). The average molecular weight is 617 g/mol. The van der Waals surface area contributed by atoms with Crippen LogP contribution < -0.4 is 9.62 Å². The van der Waals surface area contributed by atoms with E-state index in [2.05, 4.69) is 5.32 Å². The van der Waals surface area contributed by atoms with Gasteiger partial charge in [-0.15, -0.1) is 0 Å². The number of sulfonamides is 1. The molecule has 0 unspecified atom stereocenters. The van der Waals surface area contributed by atoms with Crippen molar-refractivity contribution < 1.29 is 18.0 Å². The molecule has 11 heteroatoms. The molecule has 1 fully saturated rings. The zero-order valence-electron chi connectivity index (χ0n) is 22.6. The van der Waals surface area contributed by atoms with Crippen LogP contribution in [-0.2, 0) is 26.2 Å². The van der Waals surface area contributed by atoms with Crippen molar-refractivity contribution in [3.05, 3.63) is 62.6 Å². The molecule has 0 aliphatic heterocycles. The molecule has 1 atom stereocenters. The van der Waals surface area contributed by atoms with Crippen molar-refractivity contribution in [3.8, 4) is 0 Å². The maximum absolute atomic E-state index is 13.6. The number of hydrogen-bond acceptors (Lipinski definition) is 4. The molecule has 2 amide bonds. The largest absolute Gasteiger partial charge is 0.352 e. The van der Waals surface area contributed by atoms with Crippen LogP contribution in [0.15, 0.2) is 36.4 Å². The van der Waals surface area contributed by atoms with Gasteiger partial charge in [0.05, 0.1) is 11.9 Å². The first-order chi connectivity index (χ1) is 18.4. The molecule has 0 aromatic heterocycles. The number of hydrogen-bond donors (Lipinski definition) is 1. The van der Waals surface area contributed by atoms with Crippen LogP contribution in [0.5, 0.6) is 0 Å². The lowest BCUT2D eigenvalue weighted by atomic mass is 10.1. The highest BCUT2D eigenvalue weighted by atomic mass is 35.5. The Morgan fingerprint density at radius 2 is 1.77 bits per heavy atom. The molecule has 1 saturated carbocycles. The van der Waals surface area contributed by atoms with Crippen LogP contribution in [0.25, 0.3) is 0 Å². The molecule has 0 bridgehead atoms. The second-order valence-corrected chi connectivity index (χ2v) is 13.2. The van der Waals surface area contributed by atoms with Gasteiger partial charge in [-0.1, -0.05) is 66.7 Å². The third kappa shape index (κ3) is 8.49. The van der Waals surface area contributed by atoms with Gasteiger partial charge in [-0.3, -0.25) is 13.9 Å². The van der Waals surface area contributed by atoms with E-state index in [1.54, 1.807) is 48.2 Å². The summed E-state index contributed by atoms with van der Waals surface area (Å²) in [5, 5.41) is 4.46. The molecular formula is C28H36Cl3N3O4S. The number of amides is 2. The minimum atomic E-state index is -3.63. The maximum atomic E-state index is 13.6. The van der Waals surface area contributed by atoms with Gasteiger partial charge >= 0.3 is 0 Å². The Labute approximate surface area is 246 Å². The van der Waals surface area contributed by atoms with Crippen LogP contribution in [0.2, 0.25) is 15.1 Å². The Kier molecular flexibility index (Phi) is 11.4. The molecule has 0 radical (unpaired) electrons. The van der Waals surface area contributed by atoms with E-state index in [1.165, 1.54) is 4.31 Å². The summed E-state index contributed by atoms with van der Waals surface area (Å²) in [7, 11) is -3.63. The first-order valence-corrected chi connectivity index (χ1v) is 16.2. The molecule has 2 aromatic carbocycles. The van der Waals surface area contributed by atoms with Crippen molar-refractivity contribution in [1.82, 2.24) is 10.2 Å². The summed E-state index contributed by atoms with van der Waals surface area (Å²) in [5.41, 5.74) is 1.79. The third-order valence-corrected chi connectivity index (χ3v) is 9.28. The van der Waals surface area contributed by atoms with Gasteiger partial charge in [0.1, 0.15) is 6.04 Å². The first kappa shape index (κ1) is 31.5. The Morgan fingerprint density at radius 1 is 1.08 bits per heavy atom. The normalized spacial score (nSPS) is 14.7. The standard InChI is InChI=1S/C28H36Cl3N3O4S/c1-4-25(28(36)32-22-9-5-6-10-22)33(18-20-14-15-21(29)17-24(20)31)27(35)13-8-16-34(39(3,37)38)26-12-7-11-23(30)19(26)2/h7,11-12,14-15,17,22,25H,4-6,8-10,13,16,18H2,1-3H3,(H,32,36)/t25-/m0/s1. The average Bonchev–Trinajstić information content (AvgIpc) is 3.37. The van der Waals surface area contributed by atoms with Crippen molar-refractivity contribution in [1.29, 1.82) is 0 Å². The number of rotatable bonds is 12. The van der Waals surface area contributed by atoms with E-state index < -0.39 is 16.1 Å². The minimum Gasteiger partial charge on any atom is -0.352 e. The van der Waals surface area contributed by atoms with Gasteiger partial charge in [0.2, 0.25) is 21.8 Å². The van der Waals surface area contributed by atoms with Crippen LogP contribution in [0.1, 0.15) is 63.0 Å². The van der Waals surface area contributed by atoms with E-state index in [0.29, 0.717) is 38.3 Å². The Hall–Kier alpha value is -2.00. The molecule has 39 heavy (non-hydrogen) atoms. The van der Waals surface area contributed by atoms with Gasteiger partial charge in [-0.05, 0) is 68.0 Å². The van der Waals surface area contributed by atoms with Crippen LogP contribution in [-0.4, -0.2) is 50.0 Å². The maximum Gasteiger partial charge on any atom is 0.243 e. The Morgan fingerprint density at radius 3 is 2.38 bits per heavy atom. The fourth-order valence-corrected chi connectivity index (χ4v) is 6.62. The fraction of sp³-hybridized carbons (Fsp3) is 0.500. The summed E-state index contributed by atoms with van der Waals surface area (Å²) in [4.78, 5) is 28.5. The predicted molar refractivity (Wildman–Crippen MR) is 159 cm³/mol. The summed E-state index contributed by atoms with van der Waals surface area (Å²) >= 11 is 18.7. The van der Waals surface area contributed by atoms with Crippen molar-refractivity contribution in [2.45, 2.75) is 77.4 Å². The molecule has 1 aliphatic rings.